The van der Waals surface area contributed by atoms with Crippen LogP contribution in [0.25, 0.3) is 11.3 Å². The highest BCUT2D eigenvalue weighted by atomic mass is 19.4. The highest BCUT2D eigenvalue weighted by Crippen LogP contribution is 2.43. The van der Waals surface area contributed by atoms with E-state index < -0.39 is 24.5 Å². The lowest BCUT2D eigenvalue weighted by Gasteiger charge is -2.20. The lowest BCUT2D eigenvalue weighted by Crippen LogP contribution is -2.29. The van der Waals surface area contributed by atoms with Gasteiger partial charge in [-0.05, 0) is 30.3 Å². The fraction of sp³-hybridized carbons (Fsp3) is 0.333. The Bertz CT molecular complexity index is 788. The average molecular weight is 367 g/mol. The summed E-state index contributed by atoms with van der Waals surface area (Å²) in [6, 6.07) is 6.83. The van der Waals surface area contributed by atoms with E-state index in [2.05, 4.69) is 11.6 Å². The van der Waals surface area contributed by atoms with Crippen LogP contribution in [0.1, 0.15) is 30.0 Å². The minimum Gasteiger partial charge on any atom is -0.490 e. The molecular formula is C18H17F4N3O. The number of pyridine rings is 1. The molecule has 0 radical (unpaired) electrons. The van der Waals surface area contributed by atoms with Gasteiger partial charge in [0.15, 0.2) is 0 Å². The van der Waals surface area contributed by atoms with Crippen LogP contribution < -0.4 is 10.5 Å². The Balaban J connectivity index is 0.00000117. The molecule has 2 heterocycles. The van der Waals surface area contributed by atoms with Crippen LogP contribution in [0.5, 0.6) is 5.75 Å². The largest absolute Gasteiger partial charge is 0.490 e. The van der Waals surface area contributed by atoms with Gasteiger partial charge in [-0.15, -0.1) is 0 Å². The predicted octanol–water partition coefficient (Wildman–Crippen LogP) is 4.13. The number of benzene rings is 1. The number of hydrogen-bond acceptors (Lipinski definition) is 4. The van der Waals surface area contributed by atoms with Gasteiger partial charge in [-0.25, -0.2) is 14.6 Å². The molecule has 8 heteroatoms. The molecule has 0 fully saturated rings. The number of halogens is 4. The number of rotatable bonds is 3. The van der Waals surface area contributed by atoms with Crippen molar-refractivity contribution in [1.29, 1.82) is 5.26 Å². The number of hydrogen-bond donors (Lipinski definition) is 1. The van der Waals surface area contributed by atoms with Gasteiger partial charge in [-0.1, -0.05) is 6.92 Å². The first-order valence-electron chi connectivity index (χ1n) is 7.77. The van der Waals surface area contributed by atoms with Crippen LogP contribution in [0.15, 0.2) is 30.3 Å². The van der Waals surface area contributed by atoms with Crippen LogP contribution >= 0.6 is 0 Å². The Morgan fingerprint density at radius 3 is 2.46 bits per heavy atom. The van der Waals surface area contributed by atoms with Gasteiger partial charge < -0.3 is 10.5 Å². The fourth-order valence-electron chi connectivity index (χ4n) is 2.79. The SMILES string of the molecule is C#N.CC1COc2c1cc(C(CN)C(F)(F)F)nc2-c1ccc(F)cc1. The topological polar surface area (TPSA) is 71.9 Å². The normalized spacial score (nSPS) is 16.8. The van der Waals surface area contributed by atoms with Crippen LogP contribution in [-0.4, -0.2) is 24.3 Å². The van der Waals surface area contributed by atoms with Crippen LogP contribution in [0.3, 0.4) is 0 Å². The van der Waals surface area contributed by atoms with Crippen LogP contribution in [0.4, 0.5) is 17.6 Å². The molecule has 1 aromatic heterocycles. The van der Waals surface area contributed by atoms with E-state index in [0.29, 0.717) is 23.5 Å². The van der Waals surface area contributed by atoms with E-state index in [0.717, 1.165) is 0 Å². The van der Waals surface area contributed by atoms with Gasteiger partial charge >= 0.3 is 6.18 Å². The predicted molar refractivity (Wildman–Crippen MR) is 88.1 cm³/mol. The molecule has 1 aliphatic rings. The summed E-state index contributed by atoms with van der Waals surface area (Å²) in [6.45, 7) is 5.15. The molecule has 0 saturated heterocycles. The van der Waals surface area contributed by atoms with Crippen LogP contribution in [0, 0.1) is 17.7 Å². The second-order valence-corrected chi connectivity index (χ2v) is 5.86. The molecule has 4 nitrogen and oxygen atoms in total. The van der Waals surface area contributed by atoms with Gasteiger partial charge in [0, 0.05) is 30.2 Å². The smallest absolute Gasteiger partial charge is 0.398 e. The molecule has 2 unspecified atom stereocenters. The Morgan fingerprint density at radius 1 is 1.31 bits per heavy atom. The van der Waals surface area contributed by atoms with Crippen LogP contribution in [-0.2, 0) is 0 Å². The third kappa shape index (κ3) is 3.78. The second-order valence-electron chi connectivity index (χ2n) is 5.86. The van der Waals surface area contributed by atoms with Crippen molar-refractivity contribution in [3.63, 3.8) is 0 Å². The van der Waals surface area contributed by atoms with Crippen molar-refractivity contribution in [1.82, 2.24) is 4.98 Å². The van der Waals surface area contributed by atoms with Gasteiger partial charge in [-0.2, -0.15) is 13.2 Å². The van der Waals surface area contributed by atoms with Gasteiger partial charge in [0.1, 0.15) is 23.2 Å². The molecule has 0 saturated carbocycles. The molecule has 0 aliphatic carbocycles. The number of nitrogens with zero attached hydrogens (tertiary/aromatic N) is 2. The summed E-state index contributed by atoms with van der Waals surface area (Å²) in [4.78, 5) is 4.17. The molecule has 3 rings (SSSR count). The zero-order valence-corrected chi connectivity index (χ0v) is 13.9. The number of aromatic nitrogens is 1. The number of alkyl halides is 3. The van der Waals surface area contributed by atoms with Gasteiger partial charge in [0.25, 0.3) is 0 Å². The molecule has 26 heavy (non-hydrogen) atoms. The monoisotopic (exact) mass is 367 g/mol. The summed E-state index contributed by atoms with van der Waals surface area (Å²) in [5, 5.41) is 6.50. The summed E-state index contributed by atoms with van der Waals surface area (Å²) in [5.74, 6) is -1.88. The van der Waals surface area contributed by atoms with E-state index in [1.165, 1.54) is 30.3 Å². The van der Waals surface area contributed by atoms with Crippen molar-refractivity contribution < 1.29 is 22.3 Å². The van der Waals surface area contributed by atoms with E-state index in [9.17, 15) is 17.6 Å². The summed E-state index contributed by atoms with van der Waals surface area (Å²) < 4.78 is 58.5. The maximum absolute atomic E-state index is 13.2. The molecule has 0 spiro atoms. The fourth-order valence-corrected chi connectivity index (χ4v) is 2.79. The maximum Gasteiger partial charge on any atom is 0.398 e. The van der Waals surface area contributed by atoms with E-state index in [1.54, 1.807) is 0 Å². The zero-order chi connectivity index (χ0) is 19.5. The van der Waals surface area contributed by atoms with E-state index in [-0.39, 0.29) is 17.3 Å². The highest BCUT2D eigenvalue weighted by Gasteiger charge is 2.42. The quantitative estimate of drug-likeness (QED) is 0.828. The Kier molecular flexibility index (Phi) is 5.83. The molecule has 2 atom stereocenters. The average Bonchev–Trinajstić information content (AvgIpc) is 2.97. The minimum atomic E-state index is -4.49. The van der Waals surface area contributed by atoms with Crippen molar-refractivity contribution in [2.24, 2.45) is 5.73 Å². The Labute approximate surface area is 148 Å². The number of nitrogens with two attached hydrogens (primary N) is 1. The van der Waals surface area contributed by atoms with Crippen molar-refractivity contribution >= 4 is 0 Å². The molecule has 0 bridgehead atoms. The first-order chi connectivity index (χ1) is 12.3. The van der Waals surface area contributed by atoms with Gasteiger partial charge in [0.05, 0.1) is 12.3 Å². The molecule has 2 aromatic rings. The van der Waals surface area contributed by atoms with Crippen molar-refractivity contribution in [3.8, 4) is 23.6 Å². The first kappa shape index (κ1) is 19.7. The first-order valence-corrected chi connectivity index (χ1v) is 7.77. The van der Waals surface area contributed by atoms with E-state index >= 15 is 0 Å². The summed E-state index contributed by atoms with van der Waals surface area (Å²) in [6.07, 6.45) is -4.49. The van der Waals surface area contributed by atoms with Crippen molar-refractivity contribution in [3.05, 3.63) is 47.4 Å². The van der Waals surface area contributed by atoms with E-state index in [1.807, 2.05) is 6.92 Å². The molecule has 2 N–H and O–H groups in total. The second kappa shape index (κ2) is 7.70. The summed E-state index contributed by atoms with van der Waals surface area (Å²) in [5.41, 5.74) is 6.66. The summed E-state index contributed by atoms with van der Waals surface area (Å²) >= 11 is 0. The Hall–Kier alpha value is -2.66. The lowest BCUT2D eigenvalue weighted by atomic mass is 9.95. The van der Waals surface area contributed by atoms with Gasteiger partial charge in [-0.3, -0.25) is 0 Å². The third-order valence-electron chi connectivity index (χ3n) is 4.14. The van der Waals surface area contributed by atoms with Crippen molar-refractivity contribution in [2.45, 2.75) is 24.9 Å². The summed E-state index contributed by atoms with van der Waals surface area (Å²) in [7, 11) is 0. The number of ether oxygens (including phenoxy) is 1. The van der Waals surface area contributed by atoms with Crippen LogP contribution in [0.2, 0.25) is 0 Å². The highest BCUT2D eigenvalue weighted by molar-refractivity contribution is 5.70. The zero-order valence-electron chi connectivity index (χ0n) is 13.9. The molecule has 1 aromatic carbocycles. The lowest BCUT2D eigenvalue weighted by molar-refractivity contribution is -0.148. The standard InChI is InChI=1S/C17H16F4N2O.CHN/c1-9-8-24-16-12(9)6-14(13(7-22)17(19,20)21)23-15(16)10-2-4-11(18)5-3-10;1-2/h2-6,9,13H,7-8,22H2,1H3;1H. The number of fused-ring (bicyclic) bond motifs is 1. The Morgan fingerprint density at radius 2 is 1.92 bits per heavy atom. The molecule has 138 valence electrons. The maximum atomic E-state index is 13.2. The van der Waals surface area contributed by atoms with Crippen molar-refractivity contribution in [2.75, 3.05) is 13.2 Å². The molecule has 1 aliphatic heterocycles. The molecular weight excluding hydrogens is 350 g/mol. The number of nitriles is 1. The van der Waals surface area contributed by atoms with Gasteiger partial charge in [0.2, 0.25) is 0 Å². The minimum absolute atomic E-state index is 0.0485. The van der Waals surface area contributed by atoms with E-state index in [4.69, 9.17) is 15.7 Å². The third-order valence-corrected chi connectivity index (χ3v) is 4.14. The molecule has 0 amide bonds.